The zero-order chi connectivity index (χ0) is 13.1. The van der Waals surface area contributed by atoms with Crippen molar-refractivity contribution in [3.05, 3.63) is 10.1 Å². The van der Waals surface area contributed by atoms with Gasteiger partial charge in [0, 0.05) is 20.2 Å². The Morgan fingerprint density at radius 3 is 2.89 bits per heavy atom. The fraction of sp³-hybridized carbons (Fsp3) is 0.900. The number of rotatable bonds is 3. The molecule has 0 aromatic carbocycles. The molecule has 0 amide bonds. The molecule has 0 aliphatic carbocycles. The van der Waals surface area contributed by atoms with Gasteiger partial charge < -0.3 is 14.5 Å². The van der Waals surface area contributed by atoms with Gasteiger partial charge in [0.15, 0.2) is 5.03 Å². The van der Waals surface area contributed by atoms with E-state index in [9.17, 15) is 10.1 Å². The van der Waals surface area contributed by atoms with Crippen LogP contribution in [-0.4, -0.2) is 72.4 Å². The smallest absolute Gasteiger partial charge is 0.275 e. The fourth-order valence-electron chi connectivity index (χ4n) is 2.45. The molecule has 0 radical (unpaired) electrons. The van der Waals surface area contributed by atoms with E-state index in [1.54, 1.807) is 11.9 Å². The number of hydrogen-bond acceptors (Lipinski definition) is 4. The molecule has 0 spiro atoms. The Morgan fingerprint density at radius 1 is 1.50 bits per heavy atom. The zero-order valence-electron chi connectivity index (χ0n) is 10.8. The summed E-state index contributed by atoms with van der Waals surface area (Å²) in [6, 6.07) is 0. The third-order valence-electron chi connectivity index (χ3n) is 3.11. The molecular formula is C10H19N5O3. The van der Waals surface area contributed by atoms with Crippen LogP contribution in [-0.2, 0) is 4.74 Å². The molecule has 8 nitrogen and oxygen atoms in total. The average Bonchev–Trinajstić information content (AvgIpc) is 2.75. The number of nitrogens with zero attached hydrogens (tertiary/aromatic N) is 5. The standard InChI is InChI=1S/C10H19N5O3/c1-12-7-13(2)10(11-15(16)17)14(8-12)6-9-4-3-5-18-9/h9H,3-8H2,1-2H3. The van der Waals surface area contributed by atoms with Crippen LogP contribution in [0.25, 0.3) is 0 Å². The number of nitro groups is 1. The van der Waals surface area contributed by atoms with Gasteiger partial charge in [0.25, 0.3) is 5.96 Å². The highest BCUT2D eigenvalue weighted by atomic mass is 16.7. The van der Waals surface area contributed by atoms with Crippen LogP contribution in [0.3, 0.4) is 0 Å². The molecule has 0 N–H and O–H groups in total. The van der Waals surface area contributed by atoms with E-state index in [1.807, 2.05) is 11.9 Å². The maximum atomic E-state index is 10.6. The number of ether oxygens (including phenoxy) is 1. The summed E-state index contributed by atoms with van der Waals surface area (Å²) in [6.45, 7) is 2.71. The van der Waals surface area contributed by atoms with E-state index in [1.165, 1.54) is 0 Å². The van der Waals surface area contributed by atoms with Crippen molar-refractivity contribution in [3.63, 3.8) is 0 Å². The van der Waals surface area contributed by atoms with E-state index >= 15 is 0 Å². The molecule has 2 rings (SSSR count). The molecule has 1 atom stereocenters. The van der Waals surface area contributed by atoms with Crippen LogP contribution in [0, 0.1) is 10.1 Å². The number of hydrogen-bond donors (Lipinski definition) is 0. The predicted molar refractivity (Wildman–Crippen MR) is 65.4 cm³/mol. The summed E-state index contributed by atoms with van der Waals surface area (Å²) in [6.07, 6.45) is 2.23. The first-order valence-electron chi connectivity index (χ1n) is 6.05. The van der Waals surface area contributed by atoms with Crippen molar-refractivity contribution in [2.24, 2.45) is 5.10 Å². The predicted octanol–water partition coefficient (Wildman–Crippen LogP) is -0.193. The van der Waals surface area contributed by atoms with Gasteiger partial charge in [-0.3, -0.25) is 4.90 Å². The van der Waals surface area contributed by atoms with Crippen molar-refractivity contribution < 1.29 is 9.77 Å². The normalized spacial score (nSPS) is 28.1. The maximum absolute atomic E-state index is 10.6. The van der Waals surface area contributed by atoms with Crippen LogP contribution < -0.4 is 0 Å². The molecule has 2 saturated heterocycles. The SMILES string of the molecule is CN1CN(C)C(=N[N+](=O)[O-])N(CC2CCCO2)C1. The van der Waals surface area contributed by atoms with E-state index in [-0.39, 0.29) is 6.10 Å². The lowest BCUT2D eigenvalue weighted by molar-refractivity contribution is -0.486. The fourth-order valence-corrected chi connectivity index (χ4v) is 2.45. The summed E-state index contributed by atoms with van der Waals surface area (Å²) in [5.74, 6) is 0.411. The van der Waals surface area contributed by atoms with Crippen molar-refractivity contribution in [2.75, 3.05) is 40.6 Å². The maximum Gasteiger partial charge on any atom is 0.275 e. The minimum Gasteiger partial charge on any atom is -0.376 e. The first-order chi connectivity index (χ1) is 8.56. The Balaban J connectivity index is 2.08. The first-order valence-corrected chi connectivity index (χ1v) is 6.05. The van der Waals surface area contributed by atoms with Gasteiger partial charge in [-0.25, -0.2) is 10.1 Å². The Morgan fingerprint density at radius 2 is 2.28 bits per heavy atom. The Hall–Kier alpha value is -1.41. The van der Waals surface area contributed by atoms with E-state index in [0.717, 1.165) is 19.4 Å². The molecule has 2 aliphatic rings. The van der Waals surface area contributed by atoms with E-state index in [4.69, 9.17) is 4.74 Å². The molecule has 2 fully saturated rings. The van der Waals surface area contributed by atoms with Gasteiger partial charge in [-0.15, -0.1) is 0 Å². The van der Waals surface area contributed by atoms with Crippen molar-refractivity contribution >= 4 is 5.96 Å². The van der Waals surface area contributed by atoms with Crippen molar-refractivity contribution in [3.8, 4) is 0 Å². The van der Waals surface area contributed by atoms with Crippen LogP contribution in [0.4, 0.5) is 0 Å². The Kier molecular flexibility index (Phi) is 3.97. The molecule has 1 unspecified atom stereocenters. The van der Waals surface area contributed by atoms with Gasteiger partial charge in [0.05, 0.1) is 19.4 Å². The lowest BCUT2D eigenvalue weighted by atomic mass is 10.2. The molecule has 18 heavy (non-hydrogen) atoms. The molecule has 2 heterocycles. The number of guanidine groups is 1. The van der Waals surface area contributed by atoms with Crippen molar-refractivity contribution in [1.29, 1.82) is 0 Å². The van der Waals surface area contributed by atoms with Crippen LogP contribution in [0.15, 0.2) is 5.10 Å². The third kappa shape index (κ3) is 3.08. The lowest BCUT2D eigenvalue weighted by Gasteiger charge is -2.40. The summed E-state index contributed by atoms with van der Waals surface area (Å²) in [5.41, 5.74) is 0. The second kappa shape index (κ2) is 5.49. The highest BCUT2D eigenvalue weighted by Gasteiger charge is 2.30. The minimum absolute atomic E-state index is 0.154. The highest BCUT2D eigenvalue weighted by molar-refractivity contribution is 5.79. The van der Waals surface area contributed by atoms with Gasteiger partial charge in [0.2, 0.25) is 0 Å². The van der Waals surface area contributed by atoms with E-state index < -0.39 is 5.03 Å². The quantitative estimate of drug-likeness (QED) is 0.515. The van der Waals surface area contributed by atoms with Crippen molar-refractivity contribution in [1.82, 2.24) is 14.7 Å². The molecule has 2 aliphatic heterocycles. The second-order valence-electron chi connectivity index (χ2n) is 4.83. The van der Waals surface area contributed by atoms with Gasteiger partial charge in [-0.1, -0.05) is 0 Å². The summed E-state index contributed by atoms with van der Waals surface area (Å²) in [7, 11) is 3.78. The molecule has 8 heteroatoms. The monoisotopic (exact) mass is 257 g/mol. The topological polar surface area (TPSA) is 74.5 Å². The first kappa shape index (κ1) is 13.0. The van der Waals surface area contributed by atoms with Crippen LogP contribution in [0.1, 0.15) is 12.8 Å². The van der Waals surface area contributed by atoms with Crippen molar-refractivity contribution in [2.45, 2.75) is 18.9 Å². The summed E-state index contributed by atoms with van der Waals surface area (Å²) in [5, 5.41) is 13.4. The second-order valence-corrected chi connectivity index (χ2v) is 4.83. The summed E-state index contributed by atoms with van der Waals surface area (Å²) >= 11 is 0. The van der Waals surface area contributed by atoms with Gasteiger partial charge in [-0.05, 0) is 19.9 Å². The van der Waals surface area contributed by atoms with Crippen LogP contribution >= 0.6 is 0 Å². The molecule has 0 aromatic heterocycles. The van der Waals surface area contributed by atoms with Gasteiger partial charge in [0.1, 0.15) is 5.10 Å². The van der Waals surface area contributed by atoms with Crippen LogP contribution in [0.5, 0.6) is 0 Å². The summed E-state index contributed by atoms with van der Waals surface area (Å²) < 4.78 is 5.58. The van der Waals surface area contributed by atoms with Gasteiger partial charge >= 0.3 is 0 Å². The number of hydrazone groups is 1. The minimum atomic E-state index is -0.639. The largest absolute Gasteiger partial charge is 0.376 e. The Labute approximate surface area is 106 Å². The molecular weight excluding hydrogens is 238 g/mol. The summed E-state index contributed by atoms with van der Waals surface area (Å²) in [4.78, 5) is 16.4. The Bertz CT molecular complexity index is 342. The lowest BCUT2D eigenvalue weighted by Crippen LogP contribution is -2.57. The van der Waals surface area contributed by atoms with E-state index in [2.05, 4.69) is 10.0 Å². The van der Waals surface area contributed by atoms with E-state index in [0.29, 0.717) is 25.8 Å². The molecule has 0 saturated carbocycles. The molecule has 0 aromatic rings. The third-order valence-corrected chi connectivity index (χ3v) is 3.11. The average molecular weight is 257 g/mol. The van der Waals surface area contributed by atoms with Crippen LogP contribution in [0.2, 0.25) is 0 Å². The molecule has 102 valence electrons. The highest BCUT2D eigenvalue weighted by Crippen LogP contribution is 2.16. The van der Waals surface area contributed by atoms with Gasteiger partial charge in [-0.2, -0.15) is 0 Å². The zero-order valence-corrected chi connectivity index (χ0v) is 10.8. The molecule has 0 bridgehead atoms.